The lowest BCUT2D eigenvalue weighted by atomic mass is 10.0. The Kier molecular flexibility index (Phi) is 36.4. The van der Waals surface area contributed by atoms with Crippen LogP contribution >= 0.6 is 7.82 Å². The molecule has 0 fully saturated rings. The quantitative estimate of drug-likeness (QED) is 0.0292. The Hall–Kier alpha value is -2.51. The van der Waals surface area contributed by atoms with Crippen LogP contribution in [0.15, 0.2) is 72.9 Å². The number of carbonyl (C=O) groups is 2. The highest BCUT2D eigenvalue weighted by Crippen LogP contribution is 2.42. The number of phosphoric ester groups is 1. The van der Waals surface area contributed by atoms with E-state index in [9.17, 15) is 19.0 Å². The number of carbonyl (C=O) groups excluding carboxylic acids is 2. The number of rotatable bonds is 36. The third-order valence-electron chi connectivity index (χ3n) is 8.23. The molecule has 0 aromatic carbocycles. The molecule has 0 heterocycles. The van der Waals surface area contributed by atoms with E-state index in [1.54, 1.807) is 0 Å². The van der Waals surface area contributed by atoms with Gasteiger partial charge in [-0.25, -0.2) is 4.57 Å². The SMILES string of the molecule is CC/C=C\C/C=C\C/C=C\C/C=C\C/C=C\C/C=C\CCC(=O)OC(COC(=O)CCCCCCCCCCCCCCCC)COP(=O)(O)OC. The normalized spacial score (nSPS) is 14.2. The number of hydrogen-bond donors (Lipinski definition) is 1. The van der Waals surface area contributed by atoms with Crippen molar-refractivity contribution < 1.29 is 37.6 Å². The predicted octanol–water partition coefficient (Wildman–Crippen LogP) is 12.6. The number of allylic oxidation sites excluding steroid dienone is 12. The molecule has 52 heavy (non-hydrogen) atoms. The summed E-state index contributed by atoms with van der Waals surface area (Å²) >= 11 is 0. The van der Waals surface area contributed by atoms with E-state index in [0.717, 1.165) is 64.9 Å². The second-order valence-corrected chi connectivity index (χ2v) is 14.6. The summed E-state index contributed by atoms with van der Waals surface area (Å²) in [5, 5.41) is 0. The molecule has 1 N–H and O–H groups in total. The maximum absolute atomic E-state index is 12.4. The lowest BCUT2D eigenvalue weighted by Gasteiger charge is -2.19. The van der Waals surface area contributed by atoms with E-state index in [4.69, 9.17) is 14.0 Å². The van der Waals surface area contributed by atoms with Gasteiger partial charge in [-0.3, -0.25) is 18.6 Å². The third-order valence-corrected chi connectivity index (χ3v) is 9.17. The van der Waals surface area contributed by atoms with Crippen LogP contribution in [0, 0.1) is 0 Å². The van der Waals surface area contributed by atoms with Crippen LogP contribution in [0.4, 0.5) is 0 Å². The number of phosphoric acid groups is 1. The summed E-state index contributed by atoms with van der Waals surface area (Å²) in [6.07, 6.45) is 48.2. The molecule has 0 spiro atoms. The molecule has 8 nitrogen and oxygen atoms in total. The molecule has 0 aromatic heterocycles. The fourth-order valence-corrected chi connectivity index (χ4v) is 5.61. The first-order valence-corrected chi connectivity index (χ1v) is 21.6. The molecule has 0 aliphatic rings. The van der Waals surface area contributed by atoms with Crippen molar-refractivity contribution in [3.05, 3.63) is 72.9 Å². The van der Waals surface area contributed by atoms with Gasteiger partial charge in [-0.15, -0.1) is 0 Å². The van der Waals surface area contributed by atoms with Gasteiger partial charge in [0.25, 0.3) is 0 Å². The van der Waals surface area contributed by atoms with E-state index in [0.29, 0.717) is 6.42 Å². The molecular weight excluding hydrogens is 675 g/mol. The summed E-state index contributed by atoms with van der Waals surface area (Å²) in [5.41, 5.74) is 0. The summed E-state index contributed by atoms with van der Waals surface area (Å²) in [4.78, 5) is 34.4. The van der Waals surface area contributed by atoms with Crippen molar-refractivity contribution in [2.45, 2.75) is 168 Å². The molecule has 0 aliphatic heterocycles. The molecule has 0 saturated carbocycles. The van der Waals surface area contributed by atoms with Crippen molar-refractivity contribution in [1.29, 1.82) is 0 Å². The molecule has 0 bridgehead atoms. The third kappa shape index (κ3) is 37.3. The van der Waals surface area contributed by atoms with E-state index in [1.807, 2.05) is 12.2 Å². The van der Waals surface area contributed by atoms with E-state index in [-0.39, 0.29) is 19.4 Å². The summed E-state index contributed by atoms with van der Waals surface area (Å²) in [6.45, 7) is 3.70. The summed E-state index contributed by atoms with van der Waals surface area (Å²) in [7, 11) is -3.24. The molecule has 298 valence electrons. The standard InChI is InChI=1S/C43H73O8P/c1-4-6-8-10-12-14-16-18-20-21-22-23-24-26-28-30-32-34-36-38-43(45)51-41(40-50-52(46,47)48-3)39-49-42(44)37-35-33-31-29-27-25-19-17-15-13-11-9-7-5-2/h6,8,12,14,18,20,22-23,26,28,32,34,41H,4-5,7,9-11,13,15-17,19,21,24-25,27,29-31,33,35-40H2,1-3H3,(H,46,47)/b8-6-,14-12-,20-18-,23-22-,28-26-,34-32-. The molecule has 0 amide bonds. The molecule has 2 atom stereocenters. The first kappa shape index (κ1) is 49.5. The highest BCUT2D eigenvalue weighted by Gasteiger charge is 2.24. The predicted molar refractivity (Wildman–Crippen MR) is 216 cm³/mol. The van der Waals surface area contributed by atoms with Crippen LogP contribution in [0.5, 0.6) is 0 Å². The van der Waals surface area contributed by atoms with E-state index >= 15 is 0 Å². The Labute approximate surface area is 317 Å². The lowest BCUT2D eigenvalue weighted by Crippen LogP contribution is -2.29. The molecule has 2 unspecified atom stereocenters. The average Bonchev–Trinajstić information content (AvgIpc) is 3.13. The van der Waals surface area contributed by atoms with Crippen molar-refractivity contribution >= 4 is 19.8 Å². The molecule has 0 saturated heterocycles. The van der Waals surface area contributed by atoms with Gasteiger partial charge in [0, 0.05) is 20.0 Å². The minimum Gasteiger partial charge on any atom is -0.462 e. The van der Waals surface area contributed by atoms with Gasteiger partial charge in [-0.2, -0.15) is 0 Å². The first-order valence-electron chi connectivity index (χ1n) is 20.1. The van der Waals surface area contributed by atoms with E-state index < -0.39 is 32.5 Å². The molecule has 0 rings (SSSR count). The van der Waals surface area contributed by atoms with Crippen molar-refractivity contribution in [2.24, 2.45) is 0 Å². The number of esters is 2. The van der Waals surface area contributed by atoms with Gasteiger partial charge in [0.1, 0.15) is 6.61 Å². The van der Waals surface area contributed by atoms with E-state index in [2.05, 4.69) is 79.1 Å². The van der Waals surface area contributed by atoms with Gasteiger partial charge in [-0.1, -0.05) is 170 Å². The summed E-state index contributed by atoms with van der Waals surface area (Å²) in [6, 6.07) is 0. The average molecular weight is 749 g/mol. The van der Waals surface area contributed by atoms with Crippen molar-refractivity contribution in [2.75, 3.05) is 20.3 Å². The Morgan fingerprint density at radius 2 is 0.981 bits per heavy atom. The lowest BCUT2D eigenvalue weighted by molar-refractivity contribution is -0.161. The Morgan fingerprint density at radius 3 is 1.42 bits per heavy atom. The number of hydrogen-bond acceptors (Lipinski definition) is 7. The minimum absolute atomic E-state index is 0.118. The van der Waals surface area contributed by atoms with Crippen LogP contribution < -0.4 is 0 Å². The van der Waals surface area contributed by atoms with Gasteiger partial charge in [0.15, 0.2) is 6.10 Å². The molecule has 9 heteroatoms. The fraction of sp³-hybridized carbons (Fsp3) is 0.674. The Bertz CT molecular complexity index is 1080. The number of ether oxygens (including phenoxy) is 2. The van der Waals surface area contributed by atoms with Crippen molar-refractivity contribution in [1.82, 2.24) is 0 Å². The molecular formula is C43H73O8P. The first-order chi connectivity index (χ1) is 25.3. The highest BCUT2D eigenvalue weighted by molar-refractivity contribution is 7.47. The van der Waals surface area contributed by atoms with Crippen LogP contribution in [-0.4, -0.2) is 43.3 Å². The monoisotopic (exact) mass is 749 g/mol. The fourth-order valence-electron chi connectivity index (χ4n) is 5.15. The van der Waals surface area contributed by atoms with Crippen LogP contribution in [-0.2, 0) is 32.7 Å². The molecule has 0 aliphatic carbocycles. The van der Waals surface area contributed by atoms with Gasteiger partial charge in [-0.05, 0) is 51.4 Å². The Morgan fingerprint density at radius 1 is 0.558 bits per heavy atom. The van der Waals surface area contributed by atoms with Crippen molar-refractivity contribution in [3.8, 4) is 0 Å². The van der Waals surface area contributed by atoms with Crippen LogP contribution in [0.3, 0.4) is 0 Å². The minimum atomic E-state index is -4.28. The van der Waals surface area contributed by atoms with Crippen LogP contribution in [0.2, 0.25) is 0 Å². The summed E-state index contributed by atoms with van der Waals surface area (Å²) < 4.78 is 31.8. The van der Waals surface area contributed by atoms with Crippen LogP contribution in [0.25, 0.3) is 0 Å². The zero-order valence-corrected chi connectivity index (χ0v) is 33.8. The maximum Gasteiger partial charge on any atom is 0.472 e. The number of unbranched alkanes of at least 4 members (excludes halogenated alkanes) is 13. The second kappa shape index (κ2) is 38.2. The zero-order valence-electron chi connectivity index (χ0n) is 32.9. The van der Waals surface area contributed by atoms with Gasteiger partial charge in [0.2, 0.25) is 0 Å². The molecule has 0 aromatic rings. The zero-order chi connectivity index (χ0) is 38.2. The van der Waals surface area contributed by atoms with Crippen molar-refractivity contribution in [3.63, 3.8) is 0 Å². The van der Waals surface area contributed by atoms with Gasteiger partial charge >= 0.3 is 19.8 Å². The van der Waals surface area contributed by atoms with Gasteiger partial charge in [0.05, 0.1) is 6.61 Å². The maximum atomic E-state index is 12.4. The van der Waals surface area contributed by atoms with E-state index in [1.165, 1.54) is 70.6 Å². The summed E-state index contributed by atoms with van der Waals surface area (Å²) in [5.74, 6) is -0.904. The highest BCUT2D eigenvalue weighted by atomic mass is 31.2. The smallest absolute Gasteiger partial charge is 0.462 e. The van der Waals surface area contributed by atoms with Gasteiger partial charge < -0.3 is 14.4 Å². The molecule has 0 radical (unpaired) electrons. The Balaban J connectivity index is 4.18. The second-order valence-electron chi connectivity index (χ2n) is 13.0. The largest absolute Gasteiger partial charge is 0.472 e. The topological polar surface area (TPSA) is 108 Å². The van der Waals surface area contributed by atoms with Crippen LogP contribution in [0.1, 0.15) is 162 Å².